The van der Waals surface area contributed by atoms with Crippen molar-refractivity contribution in [2.45, 2.75) is 32.6 Å². The van der Waals surface area contributed by atoms with Crippen LogP contribution in [0.5, 0.6) is 0 Å². The van der Waals surface area contributed by atoms with Crippen LogP contribution < -0.4 is 10.6 Å². The number of amides is 4. The summed E-state index contributed by atoms with van der Waals surface area (Å²) in [6, 6.07) is 7.98. The standard InChI is InChI=1S/C17H20N2O4/c1-2-3-7-12(10-13(20)11-8-5-4-6-9-11)14-15(21)18-17(23)19-16(14)22/h4-6,8-9,12,14H,2-3,7,10H2,1H3,(H2,18,19,21,22,23). The number of rotatable bonds is 7. The van der Waals surface area contributed by atoms with Crippen LogP contribution in [0.2, 0.25) is 0 Å². The van der Waals surface area contributed by atoms with E-state index in [1.54, 1.807) is 24.3 Å². The second-order valence-electron chi connectivity index (χ2n) is 5.68. The van der Waals surface area contributed by atoms with E-state index < -0.39 is 29.7 Å². The number of urea groups is 1. The molecular formula is C17H20N2O4. The lowest BCUT2D eigenvalue weighted by molar-refractivity contribution is -0.138. The lowest BCUT2D eigenvalue weighted by atomic mass is 9.81. The van der Waals surface area contributed by atoms with Gasteiger partial charge in [-0.3, -0.25) is 25.0 Å². The summed E-state index contributed by atoms with van der Waals surface area (Å²) < 4.78 is 0. The molecule has 1 aliphatic heterocycles. The monoisotopic (exact) mass is 316 g/mol. The van der Waals surface area contributed by atoms with Gasteiger partial charge in [-0.2, -0.15) is 0 Å². The molecule has 1 aromatic carbocycles. The Kier molecular flexibility index (Phi) is 5.62. The largest absolute Gasteiger partial charge is 0.328 e. The van der Waals surface area contributed by atoms with Crippen molar-refractivity contribution < 1.29 is 19.2 Å². The fourth-order valence-electron chi connectivity index (χ4n) is 2.79. The fourth-order valence-corrected chi connectivity index (χ4v) is 2.79. The van der Waals surface area contributed by atoms with Gasteiger partial charge in [-0.1, -0.05) is 50.1 Å². The second-order valence-corrected chi connectivity index (χ2v) is 5.68. The van der Waals surface area contributed by atoms with Crippen LogP contribution >= 0.6 is 0 Å². The Hall–Kier alpha value is -2.50. The quantitative estimate of drug-likeness (QED) is 0.595. The topological polar surface area (TPSA) is 92.3 Å². The summed E-state index contributed by atoms with van der Waals surface area (Å²) in [5, 5.41) is 4.22. The van der Waals surface area contributed by atoms with E-state index in [0.717, 1.165) is 12.8 Å². The van der Waals surface area contributed by atoms with Crippen molar-refractivity contribution in [2.24, 2.45) is 11.8 Å². The second kappa shape index (κ2) is 7.67. The summed E-state index contributed by atoms with van der Waals surface area (Å²) in [5.74, 6) is -2.78. The van der Waals surface area contributed by atoms with Gasteiger partial charge in [0.15, 0.2) is 5.78 Å². The molecule has 1 fully saturated rings. The first kappa shape index (κ1) is 16.9. The number of imide groups is 2. The highest BCUT2D eigenvalue weighted by Gasteiger charge is 2.40. The first-order valence-corrected chi connectivity index (χ1v) is 7.77. The van der Waals surface area contributed by atoms with Crippen LogP contribution in [0.15, 0.2) is 30.3 Å². The minimum absolute atomic E-state index is 0.101. The van der Waals surface area contributed by atoms with E-state index in [4.69, 9.17) is 0 Å². The van der Waals surface area contributed by atoms with Gasteiger partial charge in [-0.15, -0.1) is 0 Å². The Balaban J connectivity index is 2.16. The number of hydrogen-bond donors (Lipinski definition) is 2. The summed E-state index contributed by atoms with van der Waals surface area (Å²) in [5.41, 5.74) is 0.557. The van der Waals surface area contributed by atoms with Crippen molar-refractivity contribution in [1.82, 2.24) is 10.6 Å². The number of ketones is 1. The molecule has 1 saturated heterocycles. The summed E-state index contributed by atoms with van der Waals surface area (Å²) in [4.78, 5) is 47.7. The average Bonchev–Trinajstić information content (AvgIpc) is 2.52. The molecule has 2 rings (SSSR count). The molecule has 0 saturated carbocycles. The fraction of sp³-hybridized carbons (Fsp3) is 0.412. The first-order chi connectivity index (χ1) is 11.0. The summed E-state index contributed by atoms with van der Waals surface area (Å²) in [6.07, 6.45) is 2.38. The molecule has 2 N–H and O–H groups in total. The highest BCUT2D eigenvalue weighted by molar-refractivity contribution is 6.16. The Labute approximate surface area is 134 Å². The van der Waals surface area contributed by atoms with Crippen molar-refractivity contribution in [1.29, 1.82) is 0 Å². The number of unbranched alkanes of at least 4 members (excludes halogenated alkanes) is 1. The number of carbonyl (C=O) groups is 4. The number of carbonyl (C=O) groups excluding carboxylic acids is 4. The van der Waals surface area contributed by atoms with Gasteiger partial charge < -0.3 is 0 Å². The summed E-state index contributed by atoms with van der Waals surface area (Å²) >= 11 is 0. The number of nitrogens with one attached hydrogen (secondary N) is 2. The van der Waals surface area contributed by atoms with E-state index in [0.29, 0.717) is 12.0 Å². The predicted octanol–water partition coefficient (Wildman–Crippen LogP) is 2.05. The van der Waals surface area contributed by atoms with Crippen molar-refractivity contribution in [3.63, 3.8) is 0 Å². The van der Waals surface area contributed by atoms with E-state index in [-0.39, 0.29) is 12.2 Å². The average molecular weight is 316 g/mol. The lowest BCUT2D eigenvalue weighted by Crippen LogP contribution is -2.57. The smallest absolute Gasteiger partial charge is 0.294 e. The third kappa shape index (κ3) is 4.25. The van der Waals surface area contributed by atoms with Gasteiger partial charge in [-0.25, -0.2) is 4.79 Å². The maximum absolute atomic E-state index is 12.4. The molecule has 0 aromatic heterocycles. The third-order valence-corrected chi connectivity index (χ3v) is 3.98. The molecule has 1 unspecified atom stereocenters. The Bertz CT molecular complexity index is 592. The number of Topliss-reactive ketones (excluding diaryl/α,β-unsaturated/α-hetero) is 1. The van der Waals surface area contributed by atoms with E-state index >= 15 is 0 Å². The van der Waals surface area contributed by atoms with Gasteiger partial charge in [0, 0.05) is 12.0 Å². The minimum Gasteiger partial charge on any atom is -0.294 e. The van der Waals surface area contributed by atoms with Gasteiger partial charge in [0.05, 0.1) is 0 Å². The molecule has 0 radical (unpaired) electrons. The first-order valence-electron chi connectivity index (χ1n) is 7.77. The maximum atomic E-state index is 12.4. The van der Waals surface area contributed by atoms with Crippen molar-refractivity contribution >= 4 is 23.6 Å². The summed E-state index contributed by atoms with van der Waals surface area (Å²) in [6.45, 7) is 2.00. The van der Waals surface area contributed by atoms with Crippen molar-refractivity contribution in [3.05, 3.63) is 35.9 Å². The van der Waals surface area contributed by atoms with Crippen LogP contribution in [0.25, 0.3) is 0 Å². The van der Waals surface area contributed by atoms with Gasteiger partial charge in [-0.05, 0) is 12.3 Å². The van der Waals surface area contributed by atoms with E-state index in [9.17, 15) is 19.2 Å². The predicted molar refractivity (Wildman–Crippen MR) is 83.6 cm³/mol. The zero-order valence-corrected chi connectivity index (χ0v) is 13.0. The summed E-state index contributed by atoms with van der Waals surface area (Å²) in [7, 11) is 0. The molecule has 1 atom stereocenters. The Morgan fingerprint density at radius 1 is 1.09 bits per heavy atom. The molecule has 1 aromatic rings. The highest BCUT2D eigenvalue weighted by atomic mass is 16.2. The normalized spacial score (nSPS) is 16.7. The van der Waals surface area contributed by atoms with E-state index in [1.807, 2.05) is 13.0 Å². The van der Waals surface area contributed by atoms with Crippen molar-refractivity contribution in [2.75, 3.05) is 0 Å². The molecular weight excluding hydrogens is 296 g/mol. The van der Waals surface area contributed by atoms with Gasteiger partial charge in [0.25, 0.3) is 0 Å². The van der Waals surface area contributed by atoms with Crippen LogP contribution in [0.4, 0.5) is 4.79 Å². The molecule has 23 heavy (non-hydrogen) atoms. The maximum Gasteiger partial charge on any atom is 0.328 e. The van der Waals surface area contributed by atoms with Crippen LogP contribution in [0.1, 0.15) is 43.0 Å². The van der Waals surface area contributed by atoms with E-state index in [1.165, 1.54) is 0 Å². The molecule has 4 amide bonds. The minimum atomic E-state index is -1.01. The van der Waals surface area contributed by atoms with Gasteiger partial charge in [0.2, 0.25) is 11.8 Å². The molecule has 122 valence electrons. The van der Waals surface area contributed by atoms with Crippen LogP contribution in [-0.4, -0.2) is 23.6 Å². The third-order valence-electron chi connectivity index (χ3n) is 3.98. The van der Waals surface area contributed by atoms with Crippen LogP contribution in [0, 0.1) is 11.8 Å². The molecule has 1 aliphatic rings. The molecule has 0 spiro atoms. The van der Waals surface area contributed by atoms with Crippen LogP contribution in [-0.2, 0) is 9.59 Å². The van der Waals surface area contributed by atoms with Gasteiger partial charge >= 0.3 is 6.03 Å². The van der Waals surface area contributed by atoms with Crippen molar-refractivity contribution in [3.8, 4) is 0 Å². The van der Waals surface area contributed by atoms with Crippen LogP contribution in [0.3, 0.4) is 0 Å². The Morgan fingerprint density at radius 2 is 1.70 bits per heavy atom. The molecule has 0 bridgehead atoms. The number of benzene rings is 1. The highest BCUT2D eigenvalue weighted by Crippen LogP contribution is 2.26. The molecule has 0 aliphatic carbocycles. The zero-order valence-electron chi connectivity index (χ0n) is 13.0. The molecule has 1 heterocycles. The lowest BCUT2D eigenvalue weighted by Gasteiger charge is -2.27. The SMILES string of the molecule is CCCCC(CC(=O)c1ccccc1)C1C(=O)NC(=O)NC1=O. The zero-order chi connectivity index (χ0) is 16.8. The number of barbiturate groups is 1. The molecule has 6 heteroatoms. The Morgan fingerprint density at radius 3 is 2.26 bits per heavy atom. The van der Waals surface area contributed by atoms with Gasteiger partial charge in [0.1, 0.15) is 5.92 Å². The molecule has 6 nitrogen and oxygen atoms in total. The number of hydrogen-bond acceptors (Lipinski definition) is 4. The van der Waals surface area contributed by atoms with E-state index in [2.05, 4.69) is 10.6 Å².